The minimum absolute atomic E-state index is 0.00435. The second-order valence-corrected chi connectivity index (χ2v) is 12.7. The van der Waals surface area contributed by atoms with Crippen molar-refractivity contribution in [2.24, 2.45) is 34.0 Å². The van der Waals surface area contributed by atoms with Crippen LogP contribution in [0.25, 0.3) is 0 Å². The number of hydrogen-bond donors (Lipinski definition) is 0. The second kappa shape index (κ2) is 6.72. The average molecular weight is 405 g/mol. The van der Waals surface area contributed by atoms with Crippen LogP contribution in [-0.2, 0) is 19.1 Å². The Morgan fingerprint density at radius 3 is 2.14 bits per heavy atom. The topological polar surface area (TPSA) is 52.6 Å². The van der Waals surface area contributed by atoms with E-state index in [1.807, 2.05) is 0 Å². The maximum Gasteiger partial charge on any atom is 0.312 e. The van der Waals surface area contributed by atoms with Crippen LogP contribution in [0.15, 0.2) is 0 Å². The van der Waals surface area contributed by atoms with Crippen molar-refractivity contribution in [2.75, 3.05) is 0 Å². The third-order valence-corrected chi connectivity index (χ3v) is 8.46. The van der Waals surface area contributed by atoms with Gasteiger partial charge in [-0.3, -0.25) is 9.59 Å². The average Bonchev–Trinajstić information content (AvgIpc) is 3.06. The van der Waals surface area contributed by atoms with Crippen LogP contribution in [0.5, 0.6) is 0 Å². The zero-order valence-corrected chi connectivity index (χ0v) is 19.3. The minimum atomic E-state index is -0.361. The summed E-state index contributed by atoms with van der Waals surface area (Å²) in [7, 11) is 0. The predicted molar refractivity (Wildman–Crippen MR) is 112 cm³/mol. The molecule has 2 bridgehead atoms. The number of hydrogen-bond acceptors (Lipinski definition) is 4. The molecular weight excluding hydrogens is 364 g/mol. The molecule has 0 radical (unpaired) electrons. The van der Waals surface area contributed by atoms with Crippen LogP contribution in [0.3, 0.4) is 0 Å². The highest BCUT2D eigenvalue weighted by atomic mass is 16.6. The smallest absolute Gasteiger partial charge is 0.312 e. The quantitative estimate of drug-likeness (QED) is 0.554. The molecule has 0 spiro atoms. The van der Waals surface area contributed by atoms with E-state index < -0.39 is 0 Å². The molecule has 0 N–H and O–H groups in total. The molecule has 0 heterocycles. The van der Waals surface area contributed by atoms with E-state index >= 15 is 0 Å². The highest BCUT2D eigenvalue weighted by Crippen LogP contribution is 2.68. The van der Waals surface area contributed by atoms with E-state index in [1.54, 1.807) is 0 Å². The number of fused-ring (bicyclic) bond motifs is 2. The Morgan fingerprint density at radius 1 is 1.00 bits per heavy atom. The highest BCUT2D eigenvalue weighted by Gasteiger charge is 2.68. The monoisotopic (exact) mass is 404 g/mol. The van der Waals surface area contributed by atoms with E-state index in [0.717, 1.165) is 57.8 Å². The largest absolute Gasteiger partial charge is 0.462 e. The first-order valence-electron chi connectivity index (χ1n) is 11.8. The van der Waals surface area contributed by atoms with Gasteiger partial charge in [-0.15, -0.1) is 0 Å². The van der Waals surface area contributed by atoms with Crippen molar-refractivity contribution in [2.45, 2.75) is 111 Å². The Balaban J connectivity index is 1.41. The number of carbonyl (C=O) groups is 2. The number of carbonyl (C=O) groups excluding carboxylic acids is 2. The van der Waals surface area contributed by atoms with Crippen molar-refractivity contribution in [3.8, 4) is 0 Å². The van der Waals surface area contributed by atoms with Crippen LogP contribution < -0.4 is 0 Å². The molecule has 0 aromatic rings. The van der Waals surface area contributed by atoms with Gasteiger partial charge in [0.05, 0.1) is 11.3 Å². The molecule has 4 heteroatoms. The lowest BCUT2D eigenvalue weighted by molar-refractivity contribution is -0.173. The van der Waals surface area contributed by atoms with Gasteiger partial charge in [0.1, 0.15) is 11.7 Å². The van der Waals surface area contributed by atoms with Crippen LogP contribution in [0.1, 0.15) is 99.3 Å². The number of rotatable bonds is 5. The summed E-state index contributed by atoms with van der Waals surface area (Å²) in [6.45, 7) is 13.0. The SMILES string of the molecule is CC(C)(C)CC1(C(=O)OC2CC3CC(C(=O)OC4(C)CCCC4)C2C3)CC1(C)C. The Labute approximate surface area is 176 Å². The molecule has 5 unspecified atom stereocenters. The predicted octanol–water partition coefficient (Wildman–Crippen LogP) is 5.67. The fourth-order valence-corrected chi connectivity index (χ4v) is 6.82. The molecular formula is C25H40O4. The molecule has 0 aromatic heterocycles. The number of ether oxygens (including phenoxy) is 2. The molecule has 5 atom stereocenters. The van der Waals surface area contributed by atoms with E-state index in [-0.39, 0.29) is 51.7 Å². The standard InChI is InChI=1S/C25H40O4/c1-22(2,3)14-25(15-23(25,4)5)21(27)28-19-13-16-11-17(19)18(12-16)20(26)29-24(6)9-7-8-10-24/h16-19H,7-15H2,1-6H3. The molecule has 29 heavy (non-hydrogen) atoms. The third-order valence-electron chi connectivity index (χ3n) is 8.46. The summed E-state index contributed by atoms with van der Waals surface area (Å²) in [6, 6.07) is 0. The van der Waals surface area contributed by atoms with E-state index in [2.05, 4.69) is 41.5 Å². The Bertz CT molecular complexity index is 681. The van der Waals surface area contributed by atoms with Gasteiger partial charge in [-0.2, -0.15) is 0 Å². The minimum Gasteiger partial charge on any atom is -0.462 e. The van der Waals surface area contributed by atoms with Gasteiger partial charge in [0.25, 0.3) is 0 Å². The molecule has 4 aliphatic rings. The molecule has 0 saturated heterocycles. The van der Waals surface area contributed by atoms with Crippen molar-refractivity contribution < 1.29 is 19.1 Å². The summed E-state index contributed by atoms with van der Waals surface area (Å²) >= 11 is 0. The summed E-state index contributed by atoms with van der Waals surface area (Å²) in [4.78, 5) is 26.3. The van der Waals surface area contributed by atoms with Crippen molar-refractivity contribution in [3.63, 3.8) is 0 Å². The van der Waals surface area contributed by atoms with Gasteiger partial charge >= 0.3 is 11.9 Å². The van der Waals surface area contributed by atoms with Gasteiger partial charge in [-0.1, -0.05) is 34.6 Å². The van der Waals surface area contributed by atoms with E-state index in [4.69, 9.17) is 9.47 Å². The van der Waals surface area contributed by atoms with Gasteiger partial charge in [0.15, 0.2) is 0 Å². The molecule has 164 valence electrons. The summed E-state index contributed by atoms with van der Waals surface area (Å²) in [5, 5.41) is 0. The van der Waals surface area contributed by atoms with Gasteiger partial charge in [-0.05, 0) is 81.5 Å². The zero-order valence-electron chi connectivity index (χ0n) is 19.3. The molecule has 0 aromatic carbocycles. The zero-order chi connectivity index (χ0) is 21.2. The Hall–Kier alpha value is -1.06. The van der Waals surface area contributed by atoms with Crippen molar-refractivity contribution in [1.82, 2.24) is 0 Å². The molecule has 4 rings (SSSR count). The molecule has 4 fully saturated rings. The number of esters is 2. The van der Waals surface area contributed by atoms with E-state index in [0.29, 0.717) is 5.92 Å². The lowest BCUT2D eigenvalue weighted by Crippen LogP contribution is -2.40. The molecule has 4 nitrogen and oxygen atoms in total. The van der Waals surface area contributed by atoms with Crippen LogP contribution in [0, 0.1) is 34.0 Å². The molecule has 4 saturated carbocycles. The Kier molecular flexibility index (Phi) is 4.91. The maximum absolute atomic E-state index is 13.3. The summed E-state index contributed by atoms with van der Waals surface area (Å²) < 4.78 is 12.2. The first-order chi connectivity index (χ1) is 13.3. The van der Waals surface area contributed by atoms with Gasteiger partial charge in [0, 0.05) is 5.92 Å². The van der Waals surface area contributed by atoms with Crippen molar-refractivity contribution >= 4 is 11.9 Å². The van der Waals surface area contributed by atoms with Crippen molar-refractivity contribution in [1.29, 1.82) is 0 Å². The fraction of sp³-hybridized carbons (Fsp3) is 0.920. The first-order valence-corrected chi connectivity index (χ1v) is 11.8. The van der Waals surface area contributed by atoms with Gasteiger partial charge < -0.3 is 9.47 Å². The van der Waals surface area contributed by atoms with Crippen LogP contribution in [-0.4, -0.2) is 23.6 Å². The molecule has 0 amide bonds. The van der Waals surface area contributed by atoms with Gasteiger partial charge in [0.2, 0.25) is 0 Å². The summed E-state index contributed by atoms with van der Waals surface area (Å²) in [5.41, 5.74) is -0.546. The van der Waals surface area contributed by atoms with E-state index in [9.17, 15) is 9.59 Å². The first kappa shape index (κ1) is 21.2. The lowest BCUT2D eigenvalue weighted by atomic mass is 9.78. The summed E-state index contributed by atoms with van der Waals surface area (Å²) in [6.07, 6.45) is 8.73. The van der Waals surface area contributed by atoms with Gasteiger partial charge in [-0.25, -0.2) is 0 Å². The van der Waals surface area contributed by atoms with Crippen LogP contribution in [0.2, 0.25) is 0 Å². The van der Waals surface area contributed by atoms with Crippen LogP contribution in [0.4, 0.5) is 0 Å². The Morgan fingerprint density at radius 2 is 1.62 bits per heavy atom. The molecule has 4 aliphatic carbocycles. The van der Waals surface area contributed by atoms with E-state index in [1.165, 1.54) is 0 Å². The van der Waals surface area contributed by atoms with Crippen molar-refractivity contribution in [3.05, 3.63) is 0 Å². The third kappa shape index (κ3) is 3.85. The lowest BCUT2D eigenvalue weighted by Gasteiger charge is -2.33. The van der Waals surface area contributed by atoms with Crippen LogP contribution >= 0.6 is 0 Å². The maximum atomic E-state index is 13.3. The normalized spacial score (nSPS) is 39.4. The highest BCUT2D eigenvalue weighted by molar-refractivity contribution is 5.82. The summed E-state index contributed by atoms with van der Waals surface area (Å²) in [5.74, 6) is 0.492. The second-order valence-electron chi connectivity index (χ2n) is 12.7. The molecule has 0 aliphatic heterocycles. The fourth-order valence-electron chi connectivity index (χ4n) is 6.82.